The van der Waals surface area contributed by atoms with Gasteiger partial charge in [-0.25, -0.2) is 4.79 Å². The second-order valence-electron chi connectivity index (χ2n) is 7.43. The second kappa shape index (κ2) is 8.70. The van der Waals surface area contributed by atoms with Gasteiger partial charge in [0.1, 0.15) is 6.04 Å². The van der Waals surface area contributed by atoms with Crippen molar-refractivity contribution < 1.29 is 19.1 Å². The lowest BCUT2D eigenvalue weighted by Gasteiger charge is -2.35. The monoisotopic (exact) mass is 366 g/mol. The fourth-order valence-corrected chi connectivity index (χ4v) is 3.92. The molecule has 1 N–H and O–H groups in total. The van der Waals surface area contributed by atoms with E-state index in [4.69, 9.17) is 4.74 Å². The molecule has 0 aromatic rings. The van der Waals surface area contributed by atoms with E-state index in [0.29, 0.717) is 39.4 Å². The van der Waals surface area contributed by atoms with Crippen molar-refractivity contribution in [1.82, 2.24) is 20.0 Å². The first-order valence-corrected chi connectivity index (χ1v) is 9.77. The van der Waals surface area contributed by atoms with Gasteiger partial charge in [0.15, 0.2) is 0 Å². The number of likely N-dealkylation sites (tertiary alicyclic amines) is 2. The van der Waals surface area contributed by atoms with Crippen LogP contribution >= 0.6 is 0 Å². The highest BCUT2D eigenvalue weighted by Gasteiger charge is 2.33. The zero-order chi connectivity index (χ0) is 18.5. The van der Waals surface area contributed by atoms with Crippen LogP contribution in [0, 0.1) is 5.92 Å². The zero-order valence-electron chi connectivity index (χ0n) is 15.6. The molecule has 8 nitrogen and oxygen atoms in total. The first-order valence-electron chi connectivity index (χ1n) is 9.77. The van der Waals surface area contributed by atoms with Crippen molar-refractivity contribution >= 4 is 17.8 Å². The number of hydrogen-bond donors (Lipinski definition) is 1. The molecule has 0 radical (unpaired) electrons. The molecular weight excluding hydrogens is 336 g/mol. The van der Waals surface area contributed by atoms with Crippen molar-refractivity contribution in [3.05, 3.63) is 0 Å². The van der Waals surface area contributed by atoms with Crippen LogP contribution in [-0.2, 0) is 14.3 Å². The van der Waals surface area contributed by atoms with Crippen molar-refractivity contribution in [2.45, 2.75) is 38.6 Å². The molecule has 0 bridgehead atoms. The number of ether oxygens (including phenoxy) is 1. The van der Waals surface area contributed by atoms with Crippen molar-refractivity contribution in [2.24, 2.45) is 5.92 Å². The fourth-order valence-electron chi connectivity index (χ4n) is 3.92. The first kappa shape index (κ1) is 18.9. The smallest absolute Gasteiger partial charge is 0.320 e. The average molecular weight is 366 g/mol. The van der Waals surface area contributed by atoms with Gasteiger partial charge in [0.05, 0.1) is 19.1 Å². The van der Waals surface area contributed by atoms with Gasteiger partial charge in [-0.05, 0) is 32.6 Å². The van der Waals surface area contributed by atoms with Crippen LogP contribution in [0.5, 0.6) is 0 Å². The molecule has 4 amide bonds. The third-order valence-corrected chi connectivity index (χ3v) is 5.49. The topological polar surface area (TPSA) is 82.2 Å². The molecular formula is C18H30N4O4. The predicted octanol–water partition coefficient (Wildman–Crippen LogP) is 0.278. The molecule has 0 aromatic heterocycles. The van der Waals surface area contributed by atoms with Crippen molar-refractivity contribution in [3.63, 3.8) is 0 Å². The summed E-state index contributed by atoms with van der Waals surface area (Å²) < 4.78 is 5.26. The molecule has 0 aromatic carbocycles. The molecule has 146 valence electrons. The summed E-state index contributed by atoms with van der Waals surface area (Å²) >= 11 is 0. The Morgan fingerprint density at radius 1 is 0.923 bits per heavy atom. The lowest BCUT2D eigenvalue weighted by molar-refractivity contribution is -0.140. The van der Waals surface area contributed by atoms with Crippen LogP contribution in [0.4, 0.5) is 4.79 Å². The number of nitrogens with one attached hydrogen (secondary N) is 1. The summed E-state index contributed by atoms with van der Waals surface area (Å²) in [5.74, 6) is -0.435. The van der Waals surface area contributed by atoms with Gasteiger partial charge in [-0.3, -0.25) is 9.59 Å². The largest absolute Gasteiger partial charge is 0.378 e. The average Bonchev–Trinajstić information content (AvgIpc) is 3.22. The number of piperidine rings is 1. The van der Waals surface area contributed by atoms with Crippen molar-refractivity contribution in [3.8, 4) is 0 Å². The summed E-state index contributed by atoms with van der Waals surface area (Å²) in [5, 5.41) is 2.85. The normalized spacial score (nSPS) is 25.1. The van der Waals surface area contributed by atoms with Gasteiger partial charge in [-0.15, -0.1) is 0 Å². The standard InChI is InChI=1S/C18H30N4O4/c1-14(17(24)20-9-11-26-12-10-20)19-16(23)15-5-4-8-22(13-15)18(25)21-6-2-3-7-21/h14-15H,2-13H2,1H3,(H,19,23). The van der Waals surface area contributed by atoms with Crippen LogP contribution in [-0.4, -0.2) is 91.1 Å². The summed E-state index contributed by atoms with van der Waals surface area (Å²) in [7, 11) is 0. The summed E-state index contributed by atoms with van der Waals surface area (Å²) in [6.07, 6.45) is 3.70. The van der Waals surface area contributed by atoms with E-state index in [-0.39, 0.29) is 23.8 Å². The highest BCUT2D eigenvalue weighted by atomic mass is 16.5. The maximum atomic E-state index is 12.6. The predicted molar refractivity (Wildman–Crippen MR) is 95.5 cm³/mol. The third-order valence-electron chi connectivity index (χ3n) is 5.49. The van der Waals surface area contributed by atoms with Crippen LogP contribution in [0.1, 0.15) is 32.6 Å². The van der Waals surface area contributed by atoms with Crippen LogP contribution < -0.4 is 5.32 Å². The van der Waals surface area contributed by atoms with E-state index in [1.54, 1.807) is 16.7 Å². The summed E-state index contributed by atoms with van der Waals surface area (Å²) in [6.45, 7) is 6.74. The van der Waals surface area contributed by atoms with Gasteiger partial charge >= 0.3 is 6.03 Å². The van der Waals surface area contributed by atoms with Crippen LogP contribution in [0.2, 0.25) is 0 Å². The number of carbonyl (C=O) groups excluding carboxylic acids is 3. The molecule has 3 saturated heterocycles. The Balaban J connectivity index is 1.50. The molecule has 26 heavy (non-hydrogen) atoms. The number of rotatable bonds is 3. The molecule has 3 fully saturated rings. The van der Waals surface area contributed by atoms with E-state index >= 15 is 0 Å². The second-order valence-corrected chi connectivity index (χ2v) is 7.43. The maximum absolute atomic E-state index is 12.6. The van der Waals surface area contributed by atoms with Gasteiger partial charge in [-0.2, -0.15) is 0 Å². The fraction of sp³-hybridized carbons (Fsp3) is 0.833. The van der Waals surface area contributed by atoms with Crippen molar-refractivity contribution in [2.75, 3.05) is 52.5 Å². The molecule has 0 spiro atoms. The van der Waals surface area contributed by atoms with E-state index < -0.39 is 6.04 Å². The Morgan fingerprint density at radius 3 is 2.27 bits per heavy atom. The maximum Gasteiger partial charge on any atom is 0.320 e. The molecule has 3 aliphatic heterocycles. The Bertz CT molecular complexity index is 529. The highest BCUT2D eigenvalue weighted by Crippen LogP contribution is 2.20. The quantitative estimate of drug-likeness (QED) is 0.778. The van der Waals surface area contributed by atoms with Gasteiger partial charge in [0, 0.05) is 39.3 Å². The summed E-state index contributed by atoms with van der Waals surface area (Å²) in [6, 6.07) is -0.497. The van der Waals surface area contributed by atoms with E-state index in [1.807, 2.05) is 4.90 Å². The molecule has 8 heteroatoms. The van der Waals surface area contributed by atoms with Gasteiger partial charge in [-0.1, -0.05) is 0 Å². The van der Waals surface area contributed by atoms with E-state index in [0.717, 1.165) is 38.8 Å². The molecule has 0 aliphatic carbocycles. The number of carbonyl (C=O) groups is 3. The molecule has 2 unspecified atom stereocenters. The minimum Gasteiger partial charge on any atom is -0.378 e. The SMILES string of the molecule is CC(NC(=O)C1CCCN(C(=O)N2CCCC2)C1)C(=O)N1CCOCC1. The zero-order valence-corrected chi connectivity index (χ0v) is 15.6. The molecule has 2 atom stereocenters. The number of morpholine rings is 1. The van der Waals surface area contributed by atoms with E-state index in [2.05, 4.69) is 5.32 Å². The number of hydrogen-bond acceptors (Lipinski definition) is 4. The van der Waals surface area contributed by atoms with Crippen LogP contribution in [0.3, 0.4) is 0 Å². The lowest BCUT2D eigenvalue weighted by atomic mass is 9.97. The van der Waals surface area contributed by atoms with Crippen LogP contribution in [0.25, 0.3) is 0 Å². The van der Waals surface area contributed by atoms with Gasteiger partial charge < -0.3 is 24.8 Å². The van der Waals surface area contributed by atoms with Gasteiger partial charge in [0.2, 0.25) is 11.8 Å². The lowest BCUT2D eigenvalue weighted by Crippen LogP contribution is -2.54. The number of nitrogens with zero attached hydrogens (tertiary/aromatic N) is 3. The van der Waals surface area contributed by atoms with Gasteiger partial charge in [0.25, 0.3) is 0 Å². The Morgan fingerprint density at radius 2 is 1.58 bits per heavy atom. The van der Waals surface area contributed by atoms with E-state index in [9.17, 15) is 14.4 Å². The molecule has 3 heterocycles. The summed E-state index contributed by atoms with van der Waals surface area (Å²) in [5.41, 5.74) is 0. The summed E-state index contributed by atoms with van der Waals surface area (Å²) in [4.78, 5) is 43.0. The van der Waals surface area contributed by atoms with E-state index in [1.165, 1.54) is 0 Å². The molecule has 3 rings (SSSR count). The number of amides is 4. The highest BCUT2D eigenvalue weighted by molar-refractivity contribution is 5.88. The Kier molecular flexibility index (Phi) is 6.34. The third kappa shape index (κ3) is 4.47. The minimum atomic E-state index is -0.551. The first-order chi connectivity index (χ1) is 12.6. The number of urea groups is 1. The van der Waals surface area contributed by atoms with Crippen LogP contribution in [0.15, 0.2) is 0 Å². The molecule has 3 aliphatic rings. The van der Waals surface area contributed by atoms with Crippen molar-refractivity contribution in [1.29, 1.82) is 0 Å². The Hall–Kier alpha value is -1.83. The molecule has 0 saturated carbocycles. The Labute approximate surface area is 154 Å². The minimum absolute atomic E-state index is 0.0532.